The van der Waals surface area contributed by atoms with E-state index in [1.165, 1.54) is 30.6 Å². The van der Waals surface area contributed by atoms with E-state index in [1.54, 1.807) is 18.2 Å². The zero-order valence-corrected chi connectivity index (χ0v) is 12.5. The third-order valence-electron chi connectivity index (χ3n) is 3.10. The zero-order chi connectivity index (χ0) is 16.2. The third kappa shape index (κ3) is 3.62. The number of benzene rings is 1. The van der Waals surface area contributed by atoms with Gasteiger partial charge in [0.2, 0.25) is 0 Å². The number of aliphatic carboxylic acids is 1. The molecule has 0 aliphatic carbocycles. The van der Waals surface area contributed by atoms with Crippen LogP contribution in [0.3, 0.4) is 0 Å². The van der Waals surface area contributed by atoms with Crippen molar-refractivity contribution >= 4 is 21.8 Å². The van der Waals surface area contributed by atoms with Crippen molar-refractivity contribution < 1.29 is 23.1 Å². The van der Waals surface area contributed by atoms with Crippen molar-refractivity contribution in [2.24, 2.45) is 0 Å². The Morgan fingerprint density at radius 1 is 1.05 bits per heavy atom. The van der Waals surface area contributed by atoms with Crippen molar-refractivity contribution in [1.29, 1.82) is 0 Å². The fourth-order valence-electron chi connectivity index (χ4n) is 1.95. The van der Waals surface area contributed by atoms with Gasteiger partial charge in [0.1, 0.15) is 0 Å². The highest BCUT2D eigenvalue weighted by Crippen LogP contribution is 2.16. The molecule has 0 atom stereocenters. The molecule has 0 bridgehead atoms. The first kappa shape index (κ1) is 16.0. The highest BCUT2D eigenvalue weighted by molar-refractivity contribution is 7.90. The Morgan fingerprint density at radius 3 is 2.36 bits per heavy atom. The van der Waals surface area contributed by atoms with Gasteiger partial charge in [-0.1, -0.05) is 18.2 Å². The molecule has 2 aromatic rings. The van der Waals surface area contributed by atoms with Gasteiger partial charge in [0, 0.05) is 30.8 Å². The van der Waals surface area contributed by atoms with Crippen LogP contribution in [0.1, 0.15) is 29.6 Å². The number of carboxylic acids is 1. The van der Waals surface area contributed by atoms with E-state index < -0.39 is 16.0 Å². The SMILES string of the molecule is O=C(O)CCCC(=O)c1ccn(S(=O)(=O)c2ccccc2)c1. The number of nitrogens with zero attached hydrogens (tertiary/aromatic N) is 1. The molecule has 2 rings (SSSR count). The molecular formula is C15H15NO5S. The normalized spacial score (nSPS) is 11.3. The molecule has 0 spiro atoms. The average molecular weight is 321 g/mol. The maximum atomic E-state index is 12.3. The maximum absolute atomic E-state index is 12.3. The van der Waals surface area contributed by atoms with Gasteiger partial charge in [-0.15, -0.1) is 0 Å². The van der Waals surface area contributed by atoms with Crippen LogP contribution in [0.25, 0.3) is 0 Å². The van der Waals surface area contributed by atoms with Crippen molar-refractivity contribution in [3.63, 3.8) is 0 Å². The van der Waals surface area contributed by atoms with E-state index in [1.807, 2.05) is 0 Å². The molecule has 0 fully saturated rings. The van der Waals surface area contributed by atoms with E-state index in [-0.39, 0.29) is 35.5 Å². The summed E-state index contributed by atoms with van der Waals surface area (Å²) in [7, 11) is -3.72. The Labute approximate surface area is 128 Å². The van der Waals surface area contributed by atoms with Crippen LogP contribution in [0.5, 0.6) is 0 Å². The predicted octanol–water partition coefficient (Wildman–Crippen LogP) is 2.16. The van der Waals surface area contributed by atoms with Gasteiger partial charge >= 0.3 is 5.97 Å². The summed E-state index contributed by atoms with van der Waals surface area (Å²) in [5, 5.41) is 8.54. The zero-order valence-electron chi connectivity index (χ0n) is 11.7. The highest BCUT2D eigenvalue weighted by Gasteiger charge is 2.18. The lowest BCUT2D eigenvalue weighted by Gasteiger charge is -2.04. The van der Waals surface area contributed by atoms with Crippen LogP contribution >= 0.6 is 0 Å². The molecule has 0 unspecified atom stereocenters. The molecule has 116 valence electrons. The lowest BCUT2D eigenvalue weighted by molar-refractivity contribution is -0.137. The van der Waals surface area contributed by atoms with Gasteiger partial charge in [-0.05, 0) is 24.6 Å². The third-order valence-corrected chi connectivity index (χ3v) is 4.75. The van der Waals surface area contributed by atoms with Crippen LogP contribution in [-0.2, 0) is 14.8 Å². The number of rotatable bonds is 7. The summed E-state index contributed by atoms with van der Waals surface area (Å²) in [4.78, 5) is 22.5. The maximum Gasteiger partial charge on any atom is 0.303 e. The Morgan fingerprint density at radius 2 is 1.73 bits per heavy atom. The minimum atomic E-state index is -3.72. The van der Waals surface area contributed by atoms with Crippen LogP contribution < -0.4 is 0 Å². The van der Waals surface area contributed by atoms with E-state index in [4.69, 9.17) is 5.11 Å². The van der Waals surface area contributed by atoms with Crippen LogP contribution in [0.4, 0.5) is 0 Å². The second-order valence-electron chi connectivity index (χ2n) is 4.72. The van der Waals surface area contributed by atoms with Gasteiger partial charge in [-0.3, -0.25) is 9.59 Å². The average Bonchev–Trinajstić information content (AvgIpc) is 2.98. The molecule has 7 heteroatoms. The summed E-state index contributed by atoms with van der Waals surface area (Å²) < 4.78 is 25.7. The molecule has 6 nitrogen and oxygen atoms in total. The number of aromatic nitrogens is 1. The van der Waals surface area contributed by atoms with Crippen molar-refractivity contribution in [3.05, 3.63) is 54.4 Å². The number of carbonyl (C=O) groups excluding carboxylic acids is 1. The highest BCUT2D eigenvalue weighted by atomic mass is 32.2. The van der Waals surface area contributed by atoms with Gasteiger partial charge in [-0.2, -0.15) is 0 Å². The minimum absolute atomic E-state index is 0.0711. The number of hydrogen-bond donors (Lipinski definition) is 1. The summed E-state index contributed by atoms with van der Waals surface area (Å²) >= 11 is 0. The first-order valence-corrected chi connectivity index (χ1v) is 8.09. The largest absolute Gasteiger partial charge is 0.481 e. The van der Waals surface area contributed by atoms with E-state index in [0.29, 0.717) is 0 Å². The Bertz CT molecular complexity index is 777. The van der Waals surface area contributed by atoms with Crippen LogP contribution in [0.15, 0.2) is 53.7 Å². The number of hydrogen-bond acceptors (Lipinski definition) is 4. The Balaban J connectivity index is 2.14. The van der Waals surface area contributed by atoms with Gasteiger partial charge in [0.15, 0.2) is 5.78 Å². The van der Waals surface area contributed by atoms with E-state index in [0.717, 1.165) is 3.97 Å². The molecule has 1 aromatic heterocycles. The van der Waals surface area contributed by atoms with Gasteiger partial charge in [-0.25, -0.2) is 12.4 Å². The second-order valence-corrected chi connectivity index (χ2v) is 6.56. The van der Waals surface area contributed by atoms with Crippen molar-refractivity contribution in [2.45, 2.75) is 24.2 Å². The van der Waals surface area contributed by atoms with Gasteiger partial charge < -0.3 is 5.11 Å². The smallest absolute Gasteiger partial charge is 0.303 e. The molecule has 0 saturated carbocycles. The molecule has 1 aromatic carbocycles. The van der Waals surface area contributed by atoms with E-state index >= 15 is 0 Å². The quantitative estimate of drug-likeness (QED) is 0.789. The second kappa shape index (κ2) is 6.57. The number of Topliss-reactive ketones (excluding diaryl/α,β-unsaturated/α-hetero) is 1. The first-order valence-electron chi connectivity index (χ1n) is 6.65. The predicted molar refractivity (Wildman–Crippen MR) is 79.3 cm³/mol. The molecular weight excluding hydrogens is 306 g/mol. The molecule has 22 heavy (non-hydrogen) atoms. The van der Waals surface area contributed by atoms with Crippen molar-refractivity contribution in [3.8, 4) is 0 Å². The topological polar surface area (TPSA) is 93.4 Å². The molecule has 1 N–H and O–H groups in total. The monoisotopic (exact) mass is 321 g/mol. The molecule has 0 saturated heterocycles. The van der Waals surface area contributed by atoms with Gasteiger partial charge in [0.25, 0.3) is 10.0 Å². The standard InChI is InChI=1S/C15H15NO5S/c17-14(7-4-8-15(18)19)12-9-10-16(11-12)22(20,21)13-5-2-1-3-6-13/h1-3,5-6,9-11H,4,7-8H2,(H,18,19). The molecule has 0 aliphatic rings. The first-order chi connectivity index (χ1) is 10.4. The molecule has 0 amide bonds. The fraction of sp³-hybridized carbons (Fsp3) is 0.200. The van der Waals surface area contributed by atoms with Crippen molar-refractivity contribution in [2.75, 3.05) is 0 Å². The molecule has 0 radical (unpaired) electrons. The van der Waals surface area contributed by atoms with Crippen molar-refractivity contribution in [1.82, 2.24) is 3.97 Å². The molecule has 1 heterocycles. The molecule has 0 aliphatic heterocycles. The number of carboxylic acid groups (broad SMARTS) is 1. The van der Waals surface area contributed by atoms with Crippen LogP contribution in [0.2, 0.25) is 0 Å². The van der Waals surface area contributed by atoms with E-state index in [2.05, 4.69) is 0 Å². The summed E-state index contributed by atoms with van der Waals surface area (Å²) in [5.41, 5.74) is 0.255. The Kier molecular flexibility index (Phi) is 4.77. The minimum Gasteiger partial charge on any atom is -0.481 e. The summed E-state index contributed by atoms with van der Waals surface area (Å²) in [6, 6.07) is 9.33. The number of carbonyl (C=O) groups is 2. The summed E-state index contributed by atoms with van der Waals surface area (Å²) in [6.07, 6.45) is 2.78. The summed E-state index contributed by atoms with van der Waals surface area (Å²) in [5.74, 6) is -1.24. The summed E-state index contributed by atoms with van der Waals surface area (Å²) in [6.45, 7) is 0. The lowest BCUT2D eigenvalue weighted by Crippen LogP contribution is -2.11. The number of ketones is 1. The lowest BCUT2D eigenvalue weighted by atomic mass is 10.1. The van der Waals surface area contributed by atoms with E-state index in [9.17, 15) is 18.0 Å². The Hall–Kier alpha value is -2.41. The van der Waals surface area contributed by atoms with Gasteiger partial charge in [0.05, 0.1) is 4.90 Å². The van der Waals surface area contributed by atoms with Crippen LogP contribution in [-0.4, -0.2) is 29.2 Å². The van der Waals surface area contributed by atoms with Crippen LogP contribution in [0, 0.1) is 0 Å². The fourth-order valence-corrected chi connectivity index (χ4v) is 3.17.